The molecular weight excluding hydrogens is 124 g/mol. The van der Waals surface area contributed by atoms with Gasteiger partial charge in [-0.25, -0.2) is 4.79 Å². The van der Waals surface area contributed by atoms with Crippen LogP contribution in [0.3, 0.4) is 0 Å². The van der Waals surface area contributed by atoms with E-state index in [4.69, 9.17) is 0 Å². The van der Waals surface area contributed by atoms with Crippen molar-refractivity contribution >= 4 is 17.7 Å². The molecular formula is C5H6O2S. The molecule has 1 aliphatic heterocycles. The SMILES string of the molecule is O=C1C=CCSCO1. The van der Waals surface area contributed by atoms with Gasteiger partial charge in [-0.3, -0.25) is 0 Å². The third-order valence-corrected chi connectivity index (χ3v) is 1.47. The second-order valence-corrected chi connectivity index (χ2v) is 2.33. The van der Waals surface area contributed by atoms with Crippen molar-refractivity contribution in [2.24, 2.45) is 0 Å². The van der Waals surface area contributed by atoms with Gasteiger partial charge in [0.1, 0.15) is 5.94 Å². The van der Waals surface area contributed by atoms with Crippen molar-refractivity contribution in [2.75, 3.05) is 11.7 Å². The fourth-order valence-electron chi connectivity index (χ4n) is 0.408. The second kappa shape index (κ2) is 2.77. The second-order valence-electron chi connectivity index (χ2n) is 1.35. The molecule has 1 heterocycles. The molecule has 0 unspecified atom stereocenters. The smallest absolute Gasteiger partial charge is 0.331 e. The molecule has 3 heteroatoms. The van der Waals surface area contributed by atoms with Crippen LogP contribution >= 0.6 is 11.8 Å². The van der Waals surface area contributed by atoms with Gasteiger partial charge in [0.05, 0.1) is 0 Å². The Balaban J connectivity index is 2.44. The Labute approximate surface area is 51.9 Å². The molecule has 0 saturated heterocycles. The topological polar surface area (TPSA) is 26.3 Å². The van der Waals surface area contributed by atoms with Gasteiger partial charge >= 0.3 is 5.97 Å². The Morgan fingerprint density at radius 1 is 1.75 bits per heavy atom. The largest absolute Gasteiger partial charge is 0.451 e. The normalized spacial score (nSPS) is 19.8. The number of hydrogen-bond acceptors (Lipinski definition) is 3. The third-order valence-electron chi connectivity index (χ3n) is 0.753. The average Bonchev–Trinajstić information content (AvgIpc) is 1.94. The van der Waals surface area contributed by atoms with E-state index >= 15 is 0 Å². The first-order valence-electron chi connectivity index (χ1n) is 2.30. The molecule has 1 aliphatic rings. The van der Waals surface area contributed by atoms with E-state index in [1.807, 2.05) is 0 Å². The van der Waals surface area contributed by atoms with E-state index in [-0.39, 0.29) is 5.97 Å². The predicted octanol–water partition coefficient (Wildman–Crippen LogP) is 0.790. The molecule has 0 fully saturated rings. The van der Waals surface area contributed by atoms with Crippen molar-refractivity contribution in [3.63, 3.8) is 0 Å². The summed E-state index contributed by atoms with van der Waals surface area (Å²) in [4.78, 5) is 10.4. The van der Waals surface area contributed by atoms with Gasteiger partial charge in [0.15, 0.2) is 0 Å². The molecule has 0 saturated carbocycles. The van der Waals surface area contributed by atoms with Gasteiger partial charge in [-0.2, -0.15) is 0 Å². The third kappa shape index (κ3) is 1.58. The van der Waals surface area contributed by atoms with Gasteiger partial charge in [0, 0.05) is 11.8 Å². The lowest BCUT2D eigenvalue weighted by molar-refractivity contribution is -0.135. The zero-order valence-electron chi connectivity index (χ0n) is 4.29. The van der Waals surface area contributed by atoms with Crippen LogP contribution < -0.4 is 0 Å². The lowest BCUT2D eigenvalue weighted by Crippen LogP contribution is -1.96. The zero-order chi connectivity index (χ0) is 5.82. The maximum absolute atomic E-state index is 10.4. The maximum atomic E-state index is 10.4. The molecule has 0 aliphatic carbocycles. The molecule has 0 radical (unpaired) electrons. The summed E-state index contributed by atoms with van der Waals surface area (Å²) in [6.45, 7) is 0. The van der Waals surface area contributed by atoms with Gasteiger partial charge in [-0.15, -0.1) is 11.8 Å². The van der Waals surface area contributed by atoms with Crippen LogP contribution in [0.1, 0.15) is 0 Å². The van der Waals surface area contributed by atoms with E-state index in [0.29, 0.717) is 5.94 Å². The monoisotopic (exact) mass is 130 g/mol. The first-order valence-corrected chi connectivity index (χ1v) is 3.46. The number of carbonyl (C=O) groups excluding carboxylic acids is 1. The quantitative estimate of drug-likeness (QED) is 0.453. The highest BCUT2D eigenvalue weighted by molar-refractivity contribution is 7.99. The fraction of sp³-hybridized carbons (Fsp3) is 0.400. The van der Waals surface area contributed by atoms with E-state index in [1.165, 1.54) is 6.08 Å². The minimum absolute atomic E-state index is 0.227. The highest BCUT2D eigenvalue weighted by atomic mass is 32.2. The van der Waals surface area contributed by atoms with Crippen LogP contribution in [0.25, 0.3) is 0 Å². The van der Waals surface area contributed by atoms with Crippen LogP contribution in [-0.2, 0) is 9.53 Å². The molecule has 8 heavy (non-hydrogen) atoms. The lowest BCUT2D eigenvalue weighted by atomic mass is 10.5. The Kier molecular flexibility index (Phi) is 1.97. The van der Waals surface area contributed by atoms with Gasteiger partial charge in [0.25, 0.3) is 0 Å². The van der Waals surface area contributed by atoms with Crippen molar-refractivity contribution in [3.8, 4) is 0 Å². The zero-order valence-corrected chi connectivity index (χ0v) is 5.11. The summed E-state index contributed by atoms with van der Waals surface area (Å²) in [5, 5.41) is 0. The molecule has 0 N–H and O–H groups in total. The minimum atomic E-state index is -0.227. The summed E-state index contributed by atoms with van der Waals surface area (Å²) >= 11 is 1.59. The number of carbonyl (C=O) groups is 1. The summed E-state index contributed by atoms with van der Waals surface area (Å²) < 4.78 is 4.64. The molecule has 44 valence electrons. The molecule has 0 aromatic carbocycles. The van der Waals surface area contributed by atoms with Crippen LogP contribution in [-0.4, -0.2) is 17.7 Å². The van der Waals surface area contributed by atoms with Gasteiger partial charge in [0.2, 0.25) is 0 Å². The first-order chi connectivity index (χ1) is 3.89. The molecule has 0 aromatic heterocycles. The van der Waals surface area contributed by atoms with E-state index in [0.717, 1.165) is 5.75 Å². The predicted molar refractivity (Wildman–Crippen MR) is 32.6 cm³/mol. The average molecular weight is 130 g/mol. The van der Waals surface area contributed by atoms with Crippen LogP contribution in [0, 0.1) is 0 Å². The van der Waals surface area contributed by atoms with E-state index in [9.17, 15) is 4.79 Å². The maximum Gasteiger partial charge on any atom is 0.331 e. The lowest BCUT2D eigenvalue weighted by Gasteiger charge is -1.92. The summed E-state index contributed by atoms with van der Waals surface area (Å²) in [5.41, 5.74) is 0. The highest BCUT2D eigenvalue weighted by Crippen LogP contribution is 2.04. The van der Waals surface area contributed by atoms with Crippen molar-refractivity contribution < 1.29 is 9.53 Å². The van der Waals surface area contributed by atoms with Gasteiger partial charge in [-0.05, 0) is 0 Å². The highest BCUT2D eigenvalue weighted by Gasteiger charge is 1.98. The molecule has 0 amide bonds. The van der Waals surface area contributed by atoms with Crippen LogP contribution in [0.5, 0.6) is 0 Å². The summed E-state index contributed by atoms with van der Waals surface area (Å²) in [6.07, 6.45) is 3.26. The number of ether oxygens (including phenoxy) is 1. The van der Waals surface area contributed by atoms with Crippen molar-refractivity contribution in [1.82, 2.24) is 0 Å². The Morgan fingerprint density at radius 2 is 2.62 bits per heavy atom. The molecule has 2 nitrogen and oxygen atoms in total. The Hall–Kier alpha value is -0.440. The number of cyclic esters (lactones) is 1. The van der Waals surface area contributed by atoms with E-state index in [1.54, 1.807) is 17.8 Å². The number of rotatable bonds is 0. The molecule has 0 aromatic rings. The summed E-state index contributed by atoms with van der Waals surface area (Å²) in [7, 11) is 0. The first kappa shape index (κ1) is 5.69. The van der Waals surface area contributed by atoms with Gasteiger partial charge < -0.3 is 4.74 Å². The van der Waals surface area contributed by atoms with Crippen LogP contribution in [0.15, 0.2) is 12.2 Å². The van der Waals surface area contributed by atoms with E-state index < -0.39 is 0 Å². The fourth-order valence-corrected chi connectivity index (χ4v) is 0.936. The van der Waals surface area contributed by atoms with Crippen LogP contribution in [0.2, 0.25) is 0 Å². The molecule has 0 bridgehead atoms. The molecule has 0 atom stereocenters. The van der Waals surface area contributed by atoms with Crippen molar-refractivity contribution in [1.29, 1.82) is 0 Å². The summed E-state index contributed by atoms with van der Waals surface area (Å²) in [5.74, 6) is 1.15. The number of hydrogen-bond donors (Lipinski definition) is 0. The standard InChI is InChI=1S/C5H6O2S/c6-5-2-1-3-8-4-7-5/h1-2H,3-4H2. The number of thioether (sulfide) groups is 1. The van der Waals surface area contributed by atoms with Gasteiger partial charge in [-0.1, -0.05) is 6.08 Å². The summed E-state index contributed by atoms with van der Waals surface area (Å²) in [6, 6.07) is 0. The number of esters is 1. The Morgan fingerprint density at radius 3 is 3.50 bits per heavy atom. The Bertz CT molecular complexity index is 120. The van der Waals surface area contributed by atoms with E-state index in [2.05, 4.69) is 4.74 Å². The minimum Gasteiger partial charge on any atom is -0.451 e. The van der Waals surface area contributed by atoms with Crippen molar-refractivity contribution in [2.45, 2.75) is 0 Å². The van der Waals surface area contributed by atoms with Crippen molar-refractivity contribution in [3.05, 3.63) is 12.2 Å². The van der Waals surface area contributed by atoms with Crippen LogP contribution in [0.4, 0.5) is 0 Å². The molecule has 1 rings (SSSR count). The molecule has 0 spiro atoms.